The molecular formula is C11H12BrClN4O2. The van der Waals surface area contributed by atoms with E-state index in [0.29, 0.717) is 34.6 Å². The molecule has 0 aliphatic rings. The fourth-order valence-electron chi connectivity index (χ4n) is 1.51. The van der Waals surface area contributed by atoms with Gasteiger partial charge in [-0.1, -0.05) is 32.6 Å². The van der Waals surface area contributed by atoms with Crippen LogP contribution in [0.5, 0.6) is 0 Å². The maximum absolute atomic E-state index is 11.3. The normalized spacial score (nSPS) is 11.7. The van der Waals surface area contributed by atoms with Gasteiger partial charge in [0.25, 0.3) is 0 Å². The summed E-state index contributed by atoms with van der Waals surface area (Å²) in [5, 5.41) is 16.0. The van der Waals surface area contributed by atoms with Gasteiger partial charge in [-0.3, -0.25) is 4.79 Å². The van der Waals surface area contributed by atoms with Gasteiger partial charge < -0.3 is 10.4 Å². The van der Waals surface area contributed by atoms with Crippen LogP contribution in [0.2, 0.25) is 5.02 Å². The zero-order valence-corrected chi connectivity index (χ0v) is 12.2. The first-order valence-electron chi connectivity index (χ1n) is 5.48. The zero-order valence-electron chi connectivity index (χ0n) is 9.88. The molecule has 102 valence electrons. The summed E-state index contributed by atoms with van der Waals surface area (Å²) >= 11 is 9.18. The van der Waals surface area contributed by atoms with Gasteiger partial charge in [0.1, 0.15) is 6.04 Å². The molecule has 0 heterocycles. The predicted octanol–water partition coefficient (Wildman–Crippen LogP) is 3.52. The lowest BCUT2D eigenvalue weighted by Gasteiger charge is -2.16. The summed E-state index contributed by atoms with van der Waals surface area (Å²) < 4.78 is 0.673. The van der Waals surface area contributed by atoms with Gasteiger partial charge in [-0.2, -0.15) is 0 Å². The summed E-state index contributed by atoms with van der Waals surface area (Å²) in [6.07, 6.45) is 0.562. The van der Waals surface area contributed by atoms with Crippen LogP contribution in [-0.4, -0.2) is 24.2 Å². The topological polar surface area (TPSA) is 98.1 Å². The van der Waals surface area contributed by atoms with Crippen molar-refractivity contribution in [3.63, 3.8) is 0 Å². The third-order valence-corrected chi connectivity index (χ3v) is 3.32. The molecule has 0 amide bonds. The summed E-state index contributed by atoms with van der Waals surface area (Å²) in [5.74, 6) is -0.994. The van der Waals surface area contributed by atoms with Gasteiger partial charge in [-0.25, -0.2) is 0 Å². The molecule has 1 unspecified atom stereocenters. The largest absolute Gasteiger partial charge is 0.480 e. The van der Waals surface area contributed by atoms with Crippen molar-refractivity contribution in [1.29, 1.82) is 0 Å². The molecule has 2 N–H and O–H groups in total. The molecule has 0 aliphatic heterocycles. The quantitative estimate of drug-likeness (QED) is 0.342. The average molecular weight is 348 g/mol. The lowest BCUT2D eigenvalue weighted by atomic mass is 10.1. The molecule has 0 radical (unpaired) electrons. The molecule has 0 saturated carbocycles. The maximum atomic E-state index is 11.3. The smallest absolute Gasteiger partial charge is 0.325 e. The van der Waals surface area contributed by atoms with Crippen molar-refractivity contribution in [1.82, 2.24) is 5.32 Å². The Hall–Kier alpha value is -1.27. The molecule has 1 aromatic carbocycles. The fraction of sp³-hybridized carbons (Fsp3) is 0.364. The van der Waals surface area contributed by atoms with E-state index in [1.807, 2.05) is 0 Å². The Kier molecular flexibility index (Phi) is 6.66. The monoisotopic (exact) mass is 346 g/mol. The number of nitrogens with one attached hydrogen (secondary N) is 1. The minimum Gasteiger partial charge on any atom is -0.480 e. The molecule has 0 saturated heterocycles. The minimum atomic E-state index is -0.994. The maximum Gasteiger partial charge on any atom is 0.325 e. The summed E-state index contributed by atoms with van der Waals surface area (Å²) in [6, 6.07) is 4.12. The first-order valence-corrected chi connectivity index (χ1v) is 6.65. The Bertz CT molecular complexity index is 505. The molecule has 1 atom stereocenters. The van der Waals surface area contributed by atoms with Crippen LogP contribution in [0, 0.1) is 0 Å². The average Bonchev–Trinajstić information content (AvgIpc) is 2.37. The second-order valence-electron chi connectivity index (χ2n) is 3.70. The van der Waals surface area contributed by atoms with Crippen molar-refractivity contribution in [2.45, 2.75) is 12.5 Å². The number of aliphatic carboxylic acids is 1. The van der Waals surface area contributed by atoms with Crippen LogP contribution in [0.1, 0.15) is 18.0 Å². The van der Waals surface area contributed by atoms with Gasteiger partial charge >= 0.3 is 5.97 Å². The van der Waals surface area contributed by atoms with E-state index in [4.69, 9.17) is 17.1 Å². The van der Waals surface area contributed by atoms with Crippen molar-refractivity contribution < 1.29 is 9.90 Å². The van der Waals surface area contributed by atoms with Crippen LogP contribution in [0.15, 0.2) is 27.8 Å². The van der Waals surface area contributed by atoms with Gasteiger partial charge in [0.15, 0.2) is 0 Å². The Morgan fingerprint density at radius 2 is 2.37 bits per heavy atom. The van der Waals surface area contributed by atoms with Crippen LogP contribution in [0.4, 0.5) is 0 Å². The van der Waals surface area contributed by atoms with Crippen molar-refractivity contribution in [2.24, 2.45) is 5.11 Å². The molecule has 6 nitrogen and oxygen atoms in total. The number of azide groups is 1. The van der Waals surface area contributed by atoms with Crippen LogP contribution >= 0.6 is 27.5 Å². The van der Waals surface area contributed by atoms with Crippen LogP contribution in [-0.2, 0) is 4.79 Å². The third-order valence-electron chi connectivity index (χ3n) is 2.36. The van der Waals surface area contributed by atoms with E-state index in [1.165, 1.54) is 0 Å². The van der Waals surface area contributed by atoms with E-state index in [9.17, 15) is 9.90 Å². The predicted molar refractivity (Wildman–Crippen MR) is 76.2 cm³/mol. The van der Waals surface area contributed by atoms with Gasteiger partial charge in [-0.05, 0) is 42.3 Å². The Morgan fingerprint density at radius 3 is 3.00 bits per heavy atom. The lowest BCUT2D eigenvalue weighted by Crippen LogP contribution is -2.29. The first kappa shape index (κ1) is 15.8. The van der Waals surface area contributed by atoms with E-state index in [0.717, 1.165) is 0 Å². The van der Waals surface area contributed by atoms with Gasteiger partial charge in [-0.15, -0.1) is 0 Å². The standard InChI is InChI=1S/C11H12BrClN4O2/c12-9-3-2-7(13)6-8(9)10(11(18)19)15-4-1-5-16-17-14/h2-3,6,10,15H,1,4-5H2,(H,18,19). The molecule has 0 aliphatic carbocycles. The number of rotatable bonds is 7. The first-order chi connectivity index (χ1) is 9.06. The van der Waals surface area contributed by atoms with Crippen molar-refractivity contribution in [3.05, 3.63) is 43.7 Å². The number of hydrogen-bond donors (Lipinski definition) is 2. The van der Waals surface area contributed by atoms with E-state index in [-0.39, 0.29) is 0 Å². The fourth-order valence-corrected chi connectivity index (χ4v) is 2.16. The molecule has 0 spiro atoms. The van der Waals surface area contributed by atoms with Crippen LogP contribution in [0.3, 0.4) is 0 Å². The van der Waals surface area contributed by atoms with E-state index in [2.05, 4.69) is 31.3 Å². The summed E-state index contributed by atoms with van der Waals surface area (Å²) in [6.45, 7) is 0.751. The molecule has 1 rings (SSSR count). The second-order valence-corrected chi connectivity index (χ2v) is 4.99. The Labute approximate surface area is 123 Å². The highest BCUT2D eigenvalue weighted by Crippen LogP contribution is 2.27. The highest BCUT2D eigenvalue weighted by Gasteiger charge is 2.21. The molecule has 19 heavy (non-hydrogen) atoms. The Balaban J connectivity index is 2.74. The third kappa shape index (κ3) is 5.08. The van der Waals surface area contributed by atoms with Crippen molar-refractivity contribution >= 4 is 33.5 Å². The van der Waals surface area contributed by atoms with Crippen molar-refractivity contribution in [2.75, 3.05) is 13.1 Å². The highest BCUT2D eigenvalue weighted by molar-refractivity contribution is 9.10. The SMILES string of the molecule is [N-]=[N+]=NCCCNC(C(=O)O)c1cc(Cl)ccc1Br. The summed E-state index contributed by atoms with van der Waals surface area (Å²) in [4.78, 5) is 13.9. The minimum absolute atomic E-state index is 0.326. The number of benzene rings is 1. The van der Waals surface area contributed by atoms with E-state index < -0.39 is 12.0 Å². The number of carboxylic acid groups (broad SMARTS) is 1. The summed E-state index contributed by atoms with van der Waals surface area (Å²) in [7, 11) is 0. The second kappa shape index (κ2) is 8.01. The van der Waals surface area contributed by atoms with E-state index >= 15 is 0 Å². The van der Waals surface area contributed by atoms with Crippen LogP contribution < -0.4 is 5.32 Å². The number of carboxylic acids is 1. The van der Waals surface area contributed by atoms with Gasteiger partial charge in [0.2, 0.25) is 0 Å². The molecule has 8 heteroatoms. The van der Waals surface area contributed by atoms with Gasteiger partial charge in [0.05, 0.1) is 0 Å². The highest BCUT2D eigenvalue weighted by atomic mass is 79.9. The molecule has 0 fully saturated rings. The molecule has 0 bridgehead atoms. The molecule has 1 aromatic rings. The van der Waals surface area contributed by atoms with Gasteiger partial charge in [0, 0.05) is 21.0 Å². The number of hydrogen-bond acceptors (Lipinski definition) is 3. The number of carbonyl (C=O) groups is 1. The lowest BCUT2D eigenvalue weighted by molar-refractivity contribution is -0.139. The molecular weight excluding hydrogens is 336 g/mol. The van der Waals surface area contributed by atoms with E-state index in [1.54, 1.807) is 18.2 Å². The van der Waals surface area contributed by atoms with Crippen LogP contribution in [0.25, 0.3) is 10.4 Å². The summed E-state index contributed by atoms with van der Waals surface area (Å²) in [5.41, 5.74) is 8.69. The Morgan fingerprint density at radius 1 is 1.63 bits per heavy atom. The number of nitrogens with zero attached hydrogens (tertiary/aromatic N) is 3. The number of halogens is 2. The molecule has 0 aromatic heterocycles. The van der Waals surface area contributed by atoms with Crippen molar-refractivity contribution in [3.8, 4) is 0 Å². The zero-order chi connectivity index (χ0) is 14.3.